The van der Waals surface area contributed by atoms with E-state index in [1.54, 1.807) is 0 Å². The van der Waals surface area contributed by atoms with Gasteiger partial charge in [0, 0.05) is 43.5 Å². The number of aromatic nitrogens is 4. The van der Waals surface area contributed by atoms with Gasteiger partial charge in [-0.2, -0.15) is 4.98 Å². The van der Waals surface area contributed by atoms with E-state index in [1.807, 2.05) is 42.9 Å². The third-order valence-corrected chi connectivity index (χ3v) is 7.68. The zero-order valence-corrected chi connectivity index (χ0v) is 21.1. The van der Waals surface area contributed by atoms with E-state index in [1.165, 1.54) is 18.4 Å². The van der Waals surface area contributed by atoms with Crippen LogP contribution in [0.5, 0.6) is 0 Å². The standard InChI is InChI=1S/C27H33N7O2/c1-16-21(15-23(35)20-10-8-19(9-11-20)18-6-7-18)5-4-13-34(16)27-30-26(24(25(28)36)31-32-27)29-22-12-14-33(3)17(22)2/h8-12,14,16,18,21H,4-7,13,15H2,1-3H3,(H2,28,36)(H,29,30,32)/t16-,21+/m1/s1. The van der Waals surface area contributed by atoms with Gasteiger partial charge in [-0.25, -0.2) is 0 Å². The molecule has 9 heteroatoms. The fourth-order valence-electron chi connectivity index (χ4n) is 5.05. The van der Waals surface area contributed by atoms with E-state index in [0.717, 1.165) is 36.3 Å². The number of rotatable bonds is 8. The fourth-order valence-corrected chi connectivity index (χ4v) is 5.05. The molecule has 188 valence electrons. The minimum absolute atomic E-state index is 0.00645. The lowest BCUT2D eigenvalue weighted by atomic mass is 9.85. The number of benzene rings is 1. The molecule has 3 heterocycles. The number of Topliss-reactive ketones (excluding diaryl/α,β-unsaturated/α-hetero) is 1. The van der Waals surface area contributed by atoms with E-state index in [2.05, 4.69) is 44.5 Å². The van der Waals surface area contributed by atoms with Crippen molar-refractivity contribution in [1.29, 1.82) is 0 Å². The zero-order chi connectivity index (χ0) is 25.4. The molecule has 2 fully saturated rings. The summed E-state index contributed by atoms with van der Waals surface area (Å²) < 4.78 is 1.97. The highest BCUT2D eigenvalue weighted by Gasteiger charge is 2.32. The molecular formula is C27H33N7O2. The number of nitrogens with zero attached hydrogens (tertiary/aromatic N) is 5. The Balaban J connectivity index is 1.33. The third kappa shape index (κ3) is 4.82. The number of carbonyl (C=O) groups is 2. The normalized spacial score (nSPS) is 19.8. The van der Waals surface area contributed by atoms with E-state index in [-0.39, 0.29) is 29.3 Å². The molecule has 36 heavy (non-hydrogen) atoms. The van der Waals surface area contributed by atoms with Gasteiger partial charge in [-0.1, -0.05) is 24.3 Å². The van der Waals surface area contributed by atoms with Gasteiger partial charge in [0.2, 0.25) is 5.95 Å². The van der Waals surface area contributed by atoms with Crippen LogP contribution in [0.3, 0.4) is 0 Å². The van der Waals surface area contributed by atoms with Crippen LogP contribution < -0.4 is 16.0 Å². The summed E-state index contributed by atoms with van der Waals surface area (Å²) in [6, 6.07) is 10.1. The van der Waals surface area contributed by atoms with Crippen LogP contribution in [-0.2, 0) is 7.05 Å². The number of aryl methyl sites for hydroxylation is 1. The predicted molar refractivity (Wildman–Crippen MR) is 139 cm³/mol. The second kappa shape index (κ2) is 9.72. The number of nitrogens with one attached hydrogen (secondary N) is 1. The van der Waals surface area contributed by atoms with Gasteiger partial charge in [-0.15, -0.1) is 10.2 Å². The first kappa shape index (κ1) is 24.0. The van der Waals surface area contributed by atoms with Crippen molar-refractivity contribution in [1.82, 2.24) is 19.7 Å². The highest BCUT2D eigenvalue weighted by molar-refractivity contribution is 5.97. The average molecular weight is 488 g/mol. The molecule has 3 N–H and O–H groups in total. The number of carbonyl (C=O) groups excluding carboxylic acids is 2. The van der Waals surface area contributed by atoms with E-state index in [9.17, 15) is 9.59 Å². The average Bonchev–Trinajstić information content (AvgIpc) is 3.68. The molecule has 2 atom stereocenters. The second-order valence-electron chi connectivity index (χ2n) is 10.1. The van der Waals surface area contributed by atoms with Crippen molar-refractivity contribution >= 4 is 29.1 Å². The van der Waals surface area contributed by atoms with Gasteiger partial charge in [0.1, 0.15) is 0 Å². The molecule has 1 aromatic carbocycles. The number of primary amides is 1. The van der Waals surface area contributed by atoms with Gasteiger partial charge in [0.25, 0.3) is 5.91 Å². The van der Waals surface area contributed by atoms with E-state index >= 15 is 0 Å². The number of anilines is 3. The highest BCUT2D eigenvalue weighted by Crippen LogP contribution is 2.40. The number of piperidine rings is 1. The van der Waals surface area contributed by atoms with Crippen LogP contribution in [0.25, 0.3) is 0 Å². The molecule has 3 aromatic rings. The molecule has 1 aliphatic carbocycles. The molecule has 2 aliphatic rings. The van der Waals surface area contributed by atoms with Crippen molar-refractivity contribution in [3.8, 4) is 0 Å². The molecule has 1 saturated heterocycles. The van der Waals surface area contributed by atoms with Gasteiger partial charge < -0.3 is 20.5 Å². The van der Waals surface area contributed by atoms with Crippen LogP contribution >= 0.6 is 0 Å². The molecule has 0 radical (unpaired) electrons. The van der Waals surface area contributed by atoms with E-state index in [4.69, 9.17) is 5.73 Å². The maximum Gasteiger partial charge on any atom is 0.273 e. The van der Waals surface area contributed by atoms with Crippen molar-refractivity contribution in [2.24, 2.45) is 18.7 Å². The summed E-state index contributed by atoms with van der Waals surface area (Å²) in [5.41, 5.74) is 9.46. The molecule has 0 spiro atoms. The van der Waals surface area contributed by atoms with Crippen molar-refractivity contribution in [2.45, 2.75) is 57.9 Å². The van der Waals surface area contributed by atoms with Crippen LogP contribution in [0.15, 0.2) is 36.5 Å². The summed E-state index contributed by atoms with van der Waals surface area (Å²) in [7, 11) is 1.94. The monoisotopic (exact) mass is 487 g/mol. The lowest BCUT2D eigenvalue weighted by molar-refractivity contribution is 0.0944. The van der Waals surface area contributed by atoms with Crippen molar-refractivity contribution in [2.75, 3.05) is 16.8 Å². The topological polar surface area (TPSA) is 119 Å². The van der Waals surface area contributed by atoms with Crippen LogP contribution in [0, 0.1) is 12.8 Å². The van der Waals surface area contributed by atoms with E-state index < -0.39 is 5.91 Å². The number of hydrogen-bond donors (Lipinski definition) is 2. The number of hydrogen-bond acceptors (Lipinski definition) is 7. The highest BCUT2D eigenvalue weighted by atomic mass is 16.1. The Morgan fingerprint density at radius 3 is 2.50 bits per heavy atom. The Morgan fingerprint density at radius 1 is 1.11 bits per heavy atom. The second-order valence-corrected chi connectivity index (χ2v) is 10.1. The summed E-state index contributed by atoms with van der Waals surface area (Å²) in [6.07, 6.45) is 6.78. The van der Waals surface area contributed by atoms with Crippen molar-refractivity contribution < 1.29 is 9.59 Å². The molecule has 2 aromatic heterocycles. The van der Waals surface area contributed by atoms with Crippen LogP contribution in [0.2, 0.25) is 0 Å². The Morgan fingerprint density at radius 2 is 1.86 bits per heavy atom. The van der Waals surface area contributed by atoms with Crippen LogP contribution in [0.4, 0.5) is 17.5 Å². The zero-order valence-electron chi connectivity index (χ0n) is 21.1. The molecule has 1 saturated carbocycles. The Labute approximate surface area is 211 Å². The summed E-state index contributed by atoms with van der Waals surface area (Å²) in [5.74, 6) is 1.03. The molecule has 1 amide bonds. The third-order valence-electron chi connectivity index (χ3n) is 7.68. The lowest BCUT2D eigenvalue weighted by Gasteiger charge is -2.39. The van der Waals surface area contributed by atoms with Crippen LogP contribution in [0.1, 0.15) is 77.0 Å². The summed E-state index contributed by atoms with van der Waals surface area (Å²) in [4.78, 5) is 31.8. The SMILES string of the molecule is Cc1c(Nc2nc(N3CCC[C@@H](CC(=O)c4ccc(C5CC5)cc4)[C@H]3C)nnc2C(N)=O)ccn1C. The summed E-state index contributed by atoms with van der Waals surface area (Å²) >= 11 is 0. The minimum atomic E-state index is -0.694. The van der Waals surface area contributed by atoms with E-state index in [0.29, 0.717) is 18.3 Å². The maximum atomic E-state index is 13.1. The molecule has 1 aliphatic heterocycles. The first-order chi connectivity index (χ1) is 17.3. The summed E-state index contributed by atoms with van der Waals surface area (Å²) in [5, 5.41) is 11.6. The minimum Gasteiger partial charge on any atom is -0.364 e. The van der Waals surface area contributed by atoms with Gasteiger partial charge in [-0.3, -0.25) is 9.59 Å². The number of ketones is 1. The van der Waals surface area contributed by atoms with Crippen molar-refractivity contribution in [3.63, 3.8) is 0 Å². The molecule has 0 unspecified atom stereocenters. The fraction of sp³-hybridized carbons (Fsp3) is 0.444. The quantitative estimate of drug-likeness (QED) is 0.459. The Kier molecular flexibility index (Phi) is 6.47. The Bertz CT molecular complexity index is 1280. The molecular weight excluding hydrogens is 454 g/mol. The summed E-state index contributed by atoms with van der Waals surface area (Å²) in [6.45, 7) is 4.83. The number of nitrogens with two attached hydrogens (primary N) is 1. The maximum absolute atomic E-state index is 13.1. The first-order valence-electron chi connectivity index (χ1n) is 12.6. The number of amides is 1. The predicted octanol–water partition coefficient (Wildman–Crippen LogP) is 4.12. The van der Waals surface area contributed by atoms with Gasteiger partial charge in [0.05, 0.1) is 5.69 Å². The smallest absolute Gasteiger partial charge is 0.273 e. The van der Waals surface area contributed by atoms with Crippen LogP contribution in [-0.4, -0.2) is 44.0 Å². The van der Waals surface area contributed by atoms with Gasteiger partial charge >= 0.3 is 0 Å². The molecule has 9 nitrogen and oxygen atoms in total. The lowest BCUT2D eigenvalue weighted by Crippen LogP contribution is -2.45. The van der Waals surface area contributed by atoms with Gasteiger partial charge in [0.15, 0.2) is 17.3 Å². The first-order valence-corrected chi connectivity index (χ1v) is 12.6. The van der Waals surface area contributed by atoms with Crippen molar-refractivity contribution in [3.05, 3.63) is 59.0 Å². The Hall–Kier alpha value is -3.75. The van der Waals surface area contributed by atoms with Gasteiger partial charge in [-0.05, 0) is 63.0 Å². The molecule has 0 bridgehead atoms. The largest absolute Gasteiger partial charge is 0.364 e. The molecule has 5 rings (SSSR count).